The zero-order valence-corrected chi connectivity index (χ0v) is 22.1. The molecule has 2 aliphatic heterocycles. The lowest BCUT2D eigenvalue weighted by atomic mass is 9.99. The number of amides is 4. The Bertz CT molecular complexity index is 1260. The number of ether oxygens (including phenoxy) is 1. The Labute approximate surface area is 226 Å². The first-order valence-electron chi connectivity index (χ1n) is 13.0. The lowest BCUT2D eigenvalue weighted by molar-refractivity contribution is -0.141. The van der Waals surface area contributed by atoms with E-state index in [1.54, 1.807) is 56.3 Å². The number of hydrogen-bond donors (Lipinski definition) is 5. The second kappa shape index (κ2) is 11.7. The zero-order chi connectivity index (χ0) is 28.3. The maximum atomic E-state index is 13.5. The Morgan fingerprint density at radius 3 is 2.46 bits per heavy atom. The molecule has 2 aromatic carbocycles. The summed E-state index contributed by atoms with van der Waals surface area (Å²) in [6.45, 7) is 5.16. The van der Waals surface area contributed by atoms with E-state index in [0.29, 0.717) is 11.1 Å². The molecule has 2 heterocycles. The van der Waals surface area contributed by atoms with E-state index >= 15 is 0 Å². The number of aliphatic hydroxyl groups excluding tert-OH is 1. The number of carbonyl (C=O) groups excluding carboxylic acids is 4. The summed E-state index contributed by atoms with van der Waals surface area (Å²) in [4.78, 5) is 54.0. The van der Waals surface area contributed by atoms with E-state index in [9.17, 15) is 29.4 Å². The monoisotopic (exact) mass is 538 g/mol. The summed E-state index contributed by atoms with van der Waals surface area (Å²) in [7, 11) is 0. The van der Waals surface area contributed by atoms with Gasteiger partial charge in [-0.1, -0.05) is 32.0 Å². The summed E-state index contributed by atoms with van der Waals surface area (Å²) in [5.74, 6) is -2.05. The zero-order valence-electron chi connectivity index (χ0n) is 22.1. The molecule has 208 valence electrons. The number of benzene rings is 2. The van der Waals surface area contributed by atoms with Crippen molar-refractivity contribution < 1.29 is 34.1 Å². The molecule has 1 fully saturated rings. The molecule has 4 rings (SSSR count). The van der Waals surface area contributed by atoms with E-state index < -0.39 is 47.9 Å². The van der Waals surface area contributed by atoms with Gasteiger partial charge in [-0.25, -0.2) is 0 Å². The minimum Gasteiger partial charge on any atom is -0.508 e. The van der Waals surface area contributed by atoms with Gasteiger partial charge in [0.05, 0.1) is 18.2 Å². The van der Waals surface area contributed by atoms with Crippen molar-refractivity contribution in [3.8, 4) is 22.6 Å². The minimum absolute atomic E-state index is 0.0210. The average molecular weight is 539 g/mol. The number of nitrogens with zero attached hydrogens (tertiary/aromatic N) is 1. The summed E-state index contributed by atoms with van der Waals surface area (Å²) >= 11 is 0. The second-order valence-corrected chi connectivity index (χ2v) is 10.2. The van der Waals surface area contributed by atoms with Gasteiger partial charge in [0, 0.05) is 13.0 Å². The molecule has 0 spiro atoms. The second-order valence-electron chi connectivity index (χ2n) is 10.2. The molecule has 5 N–H and O–H groups in total. The molecule has 2 aromatic rings. The molecule has 1 saturated heterocycles. The molecule has 0 saturated carbocycles. The van der Waals surface area contributed by atoms with Gasteiger partial charge in [0.1, 0.15) is 36.2 Å². The standard InChI is InChI=1S/C28H34N4O7/c1-15(2)24-27(37)30-16(3)28(38)32-14-20(34)13-22(32)26(36)29-9-10-39-23-8-7-18(12-21(23)25(35)31-24)17-5-4-6-19(33)11-17/h4-8,11-12,15-16,20,22,24,33-34H,9-10,13-14H2,1-3H3,(H,29,36)(H,30,37)(H,31,35)/t16-,20+,22+,24+/m1/s1. The highest BCUT2D eigenvalue weighted by Crippen LogP contribution is 2.29. The Kier molecular flexibility index (Phi) is 8.39. The molecular weight excluding hydrogens is 504 g/mol. The van der Waals surface area contributed by atoms with E-state index in [0.717, 1.165) is 0 Å². The third-order valence-electron chi connectivity index (χ3n) is 6.89. The Morgan fingerprint density at radius 2 is 1.74 bits per heavy atom. The van der Waals surface area contributed by atoms with E-state index in [4.69, 9.17) is 4.74 Å². The van der Waals surface area contributed by atoms with Crippen molar-refractivity contribution in [2.24, 2.45) is 5.92 Å². The van der Waals surface area contributed by atoms with Crippen molar-refractivity contribution >= 4 is 23.6 Å². The number of carbonyl (C=O) groups is 4. The molecule has 11 nitrogen and oxygen atoms in total. The molecule has 0 unspecified atom stereocenters. The van der Waals surface area contributed by atoms with Crippen molar-refractivity contribution in [1.82, 2.24) is 20.9 Å². The first kappa shape index (κ1) is 27.9. The summed E-state index contributed by atoms with van der Waals surface area (Å²) < 4.78 is 5.86. The molecule has 0 aliphatic carbocycles. The molecule has 39 heavy (non-hydrogen) atoms. The number of aromatic hydroxyl groups is 1. The number of phenolic OH excluding ortho intramolecular Hbond substituents is 1. The van der Waals surface area contributed by atoms with Crippen LogP contribution in [0.5, 0.6) is 11.5 Å². The summed E-state index contributed by atoms with van der Waals surface area (Å²) in [6.07, 6.45) is -0.772. The number of rotatable bonds is 2. The van der Waals surface area contributed by atoms with Gasteiger partial charge in [-0.3, -0.25) is 19.2 Å². The topological polar surface area (TPSA) is 157 Å². The molecule has 2 aliphatic rings. The van der Waals surface area contributed by atoms with Crippen LogP contribution in [0.1, 0.15) is 37.6 Å². The van der Waals surface area contributed by atoms with Crippen LogP contribution in [0, 0.1) is 5.92 Å². The van der Waals surface area contributed by atoms with Crippen molar-refractivity contribution in [2.75, 3.05) is 19.7 Å². The maximum Gasteiger partial charge on any atom is 0.255 e. The smallest absolute Gasteiger partial charge is 0.255 e. The number of phenols is 1. The molecule has 0 bridgehead atoms. The van der Waals surface area contributed by atoms with Crippen LogP contribution in [-0.2, 0) is 14.4 Å². The van der Waals surface area contributed by atoms with E-state index in [1.807, 2.05) is 0 Å². The first-order valence-corrected chi connectivity index (χ1v) is 13.0. The van der Waals surface area contributed by atoms with E-state index in [-0.39, 0.29) is 49.1 Å². The third kappa shape index (κ3) is 6.31. The van der Waals surface area contributed by atoms with Crippen LogP contribution >= 0.6 is 0 Å². The fourth-order valence-electron chi connectivity index (χ4n) is 4.82. The maximum absolute atomic E-state index is 13.5. The van der Waals surface area contributed by atoms with Crippen molar-refractivity contribution in [2.45, 2.75) is 51.4 Å². The van der Waals surface area contributed by atoms with Crippen LogP contribution < -0.4 is 20.7 Å². The summed E-state index contributed by atoms with van der Waals surface area (Å²) in [5, 5.41) is 28.2. The minimum atomic E-state index is -0.989. The van der Waals surface area contributed by atoms with Crippen LogP contribution in [0.4, 0.5) is 0 Å². The van der Waals surface area contributed by atoms with Gasteiger partial charge in [0.2, 0.25) is 17.7 Å². The van der Waals surface area contributed by atoms with Gasteiger partial charge in [-0.2, -0.15) is 0 Å². The highest BCUT2D eigenvalue weighted by atomic mass is 16.5. The quantitative estimate of drug-likeness (QED) is 0.378. The first-order chi connectivity index (χ1) is 18.5. The van der Waals surface area contributed by atoms with Crippen LogP contribution in [-0.4, -0.2) is 82.7 Å². The lowest BCUT2D eigenvalue weighted by Gasteiger charge is -2.29. The van der Waals surface area contributed by atoms with Gasteiger partial charge in [0.25, 0.3) is 5.91 Å². The third-order valence-corrected chi connectivity index (χ3v) is 6.89. The van der Waals surface area contributed by atoms with Crippen LogP contribution in [0.2, 0.25) is 0 Å². The number of fused-ring (bicyclic) bond motifs is 2. The lowest BCUT2D eigenvalue weighted by Crippen LogP contribution is -2.57. The van der Waals surface area contributed by atoms with Crippen LogP contribution in [0.3, 0.4) is 0 Å². The van der Waals surface area contributed by atoms with E-state index in [2.05, 4.69) is 16.0 Å². The van der Waals surface area contributed by atoms with Crippen molar-refractivity contribution in [3.05, 3.63) is 48.0 Å². The SMILES string of the molecule is CC(C)[C@@H]1NC(=O)c2cc(-c3cccc(O)c3)ccc2OCCNC(=O)[C@@H]2C[C@H](O)CN2C(=O)[C@@H](C)NC1=O. The number of aliphatic hydroxyl groups is 1. The van der Waals surface area contributed by atoms with Gasteiger partial charge >= 0.3 is 0 Å². The Morgan fingerprint density at radius 1 is 1.00 bits per heavy atom. The molecule has 11 heteroatoms. The summed E-state index contributed by atoms with van der Waals surface area (Å²) in [6, 6.07) is 8.73. The largest absolute Gasteiger partial charge is 0.508 e. The normalized spacial score (nSPS) is 24.8. The van der Waals surface area contributed by atoms with Crippen molar-refractivity contribution in [3.63, 3.8) is 0 Å². The average Bonchev–Trinajstić information content (AvgIpc) is 3.29. The van der Waals surface area contributed by atoms with Gasteiger partial charge in [0.15, 0.2) is 0 Å². The fraction of sp³-hybridized carbons (Fsp3) is 0.429. The fourth-order valence-corrected chi connectivity index (χ4v) is 4.82. The summed E-state index contributed by atoms with van der Waals surface area (Å²) in [5.41, 5.74) is 1.50. The van der Waals surface area contributed by atoms with Crippen LogP contribution in [0.25, 0.3) is 11.1 Å². The Balaban J connectivity index is 1.68. The predicted molar refractivity (Wildman–Crippen MR) is 142 cm³/mol. The number of nitrogens with one attached hydrogen (secondary N) is 3. The van der Waals surface area contributed by atoms with Gasteiger partial charge < -0.3 is 35.8 Å². The number of hydrogen-bond acceptors (Lipinski definition) is 7. The molecule has 0 radical (unpaired) electrons. The molecule has 4 amide bonds. The van der Waals surface area contributed by atoms with Crippen LogP contribution in [0.15, 0.2) is 42.5 Å². The molecule has 4 atom stereocenters. The predicted octanol–water partition coefficient (Wildman–Crippen LogP) is 0.789. The van der Waals surface area contributed by atoms with Gasteiger partial charge in [-0.05, 0) is 48.2 Å². The molecule has 0 aromatic heterocycles. The van der Waals surface area contributed by atoms with E-state index in [1.165, 1.54) is 11.8 Å². The highest BCUT2D eigenvalue weighted by molar-refractivity contribution is 6.01. The van der Waals surface area contributed by atoms with Crippen molar-refractivity contribution in [1.29, 1.82) is 0 Å². The highest BCUT2D eigenvalue weighted by Gasteiger charge is 2.41. The van der Waals surface area contributed by atoms with Gasteiger partial charge in [-0.15, -0.1) is 0 Å². The molecular formula is C28H34N4O7. The Hall–Kier alpha value is -4.12.